The van der Waals surface area contributed by atoms with Gasteiger partial charge in [-0.05, 0) is 31.2 Å². The second-order valence-electron chi connectivity index (χ2n) is 4.42. The lowest BCUT2D eigenvalue weighted by Crippen LogP contribution is -2.01. The van der Waals surface area contributed by atoms with Gasteiger partial charge < -0.3 is 19.3 Å². The van der Waals surface area contributed by atoms with E-state index in [9.17, 15) is 9.50 Å². The largest absolute Gasteiger partial charge is 0.493 e. The molecule has 1 atom stereocenters. The maximum atomic E-state index is 13.9. The van der Waals surface area contributed by atoms with Crippen molar-refractivity contribution in [2.75, 3.05) is 14.2 Å². The molecule has 0 spiro atoms. The van der Waals surface area contributed by atoms with E-state index < -0.39 is 11.9 Å². The van der Waals surface area contributed by atoms with Crippen LogP contribution in [-0.4, -0.2) is 19.3 Å². The SMILES string of the molecule is COc1cccc(OC)c1Oc1cccc(F)c1[C@H](C)O. The van der Waals surface area contributed by atoms with Crippen LogP contribution in [0.15, 0.2) is 36.4 Å². The molecule has 0 saturated heterocycles. The van der Waals surface area contributed by atoms with E-state index >= 15 is 0 Å². The first kappa shape index (κ1) is 15.1. The first-order valence-corrected chi connectivity index (χ1v) is 6.43. The zero-order valence-electron chi connectivity index (χ0n) is 12.1. The number of halogens is 1. The van der Waals surface area contributed by atoms with Crippen molar-refractivity contribution in [1.82, 2.24) is 0 Å². The van der Waals surface area contributed by atoms with Crippen molar-refractivity contribution in [2.24, 2.45) is 0 Å². The standard InChI is InChI=1S/C16H17FO4/c1-10(18)15-11(17)6-4-7-12(15)21-16-13(19-2)8-5-9-14(16)20-3/h4-10,18H,1-3H3/t10-/m0/s1. The maximum absolute atomic E-state index is 13.9. The van der Waals surface area contributed by atoms with Crippen molar-refractivity contribution in [3.8, 4) is 23.0 Å². The van der Waals surface area contributed by atoms with E-state index in [-0.39, 0.29) is 11.3 Å². The third-order valence-electron chi connectivity index (χ3n) is 3.03. The lowest BCUT2D eigenvalue weighted by Gasteiger charge is -2.17. The van der Waals surface area contributed by atoms with Crippen LogP contribution in [0.25, 0.3) is 0 Å². The highest BCUT2D eigenvalue weighted by molar-refractivity contribution is 5.54. The van der Waals surface area contributed by atoms with Gasteiger partial charge in [0.15, 0.2) is 11.5 Å². The molecule has 0 aromatic heterocycles. The third-order valence-corrected chi connectivity index (χ3v) is 3.03. The van der Waals surface area contributed by atoms with Crippen molar-refractivity contribution in [3.63, 3.8) is 0 Å². The number of para-hydroxylation sites is 1. The Bertz CT molecular complexity index is 603. The van der Waals surface area contributed by atoms with E-state index in [0.717, 1.165) is 0 Å². The Labute approximate surface area is 122 Å². The summed E-state index contributed by atoms with van der Waals surface area (Å²) in [6, 6.07) is 9.54. The smallest absolute Gasteiger partial charge is 0.211 e. The molecule has 4 nitrogen and oxygen atoms in total. The van der Waals surface area contributed by atoms with Crippen molar-refractivity contribution in [1.29, 1.82) is 0 Å². The summed E-state index contributed by atoms with van der Waals surface area (Å²) < 4.78 is 30.1. The van der Waals surface area contributed by atoms with Gasteiger partial charge >= 0.3 is 0 Å². The van der Waals surface area contributed by atoms with Crippen LogP contribution in [-0.2, 0) is 0 Å². The Hall–Kier alpha value is -2.27. The molecule has 0 unspecified atom stereocenters. The van der Waals surface area contributed by atoms with Gasteiger partial charge in [0.25, 0.3) is 0 Å². The van der Waals surface area contributed by atoms with Crippen molar-refractivity contribution in [2.45, 2.75) is 13.0 Å². The number of ether oxygens (including phenoxy) is 3. The number of rotatable bonds is 5. The molecule has 1 N–H and O–H groups in total. The Morgan fingerprint density at radius 2 is 1.48 bits per heavy atom. The Balaban J connectivity index is 2.50. The maximum Gasteiger partial charge on any atom is 0.211 e. The molecule has 2 aromatic carbocycles. The lowest BCUT2D eigenvalue weighted by atomic mass is 10.1. The minimum absolute atomic E-state index is 0.0884. The molecule has 112 valence electrons. The second kappa shape index (κ2) is 6.45. The molecule has 0 bridgehead atoms. The molecule has 0 fully saturated rings. The molecule has 0 aliphatic carbocycles. The van der Waals surface area contributed by atoms with Crippen LogP contribution >= 0.6 is 0 Å². The van der Waals surface area contributed by atoms with E-state index in [1.54, 1.807) is 24.3 Å². The van der Waals surface area contributed by atoms with Gasteiger partial charge in [-0.1, -0.05) is 12.1 Å². The van der Waals surface area contributed by atoms with Crippen molar-refractivity contribution < 1.29 is 23.7 Å². The average molecular weight is 292 g/mol. The van der Waals surface area contributed by atoms with Gasteiger partial charge in [-0.2, -0.15) is 0 Å². The minimum Gasteiger partial charge on any atom is -0.493 e. The summed E-state index contributed by atoms with van der Waals surface area (Å²) in [5, 5.41) is 9.73. The van der Waals surface area contributed by atoms with Crippen LogP contribution in [0.4, 0.5) is 4.39 Å². The van der Waals surface area contributed by atoms with Gasteiger partial charge in [0.1, 0.15) is 11.6 Å². The molecule has 5 heteroatoms. The molecule has 0 amide bonds. The monoisotopic (exact) mass is 292 g/mol. The summed E-state index contributed by atoms with van der Waals surface area (Å²) >= 11 is 0. The summed E-state index contributed by atoms with van der Waals surface area (Å²) in [5.41, 5.74) is 0.0884. The molecule has 0 aliphatic rings. The van der Waals surface area contributed by atoms with Crippen LogP contribution in [0.1, 0.15) is 18.6 Å². The first-order valence-electron chi connectivity index (χ1n) is 6.43. The second-order valence-corrected chi connectivity index (χ2v) is 4.42. The predicted octanol–water partition coefficient (Wildman–Crippen LogP) is 3.69. The fourth-order valence-corrected chi connectivity index (χ4v) is 2.04. The van der Waals surface area contributed by atoms with Crippen LogP contribution in [0.5, 0.6) is 23.0 Å². The van der Waals surface area contributed by atoms with Crippen molar-refractivity contribution >= 4 is 0 Å². The first-order chi connectivity index (χ1) is 10.1. The number of benzene rings is 2. The Morgan fingerprint density at radius 1 is 0.952 bits per heavy atom. The van der Waals surface area contributed by atoms with E-state index in [1.807, 2.05) is 0 Å². The lowest BCUT2D eigenvalue weighted by molar-refractivity contribution is 0.189. The Morgan fingerprint density at radius 3 is 2.00 bits per heavy atom. The average Bonchev–Trinajstić information content (AvgIpc) is 2.47. The molecule has 0 saturated carbocycles. The Kier molecular flexibility index (Phi) is 4.65. The number of hydrogen-bond acceptors (Lipinski definition) is 4. The van der Waals surface area contributed by atoms with E-state index in [0.29, 0.717) is 17.2 Å². The number of aliphatic hydroxyl groups is 1. The topological polar surface area (TPSA) is 47.9 Å². The van der Waals surface area contributed by atoms with E-state index in [4.69, 9.17) is 14.2 Å². The molecular formula is C16H17FO4. The quantitative estimate of drug-likeness (QED) is 0.913. The molecule has 0 radical (unpaired) electrons. The van der Waals surface area contributed by atoms with Gasteiger partial charge in [-0.3, -0.25) is 0 Å². The van der Waals surface area contributed by atoms with Crippen LogP contribution in [0.3, 0.4) is 0 Å². The minimum atomic E-state index is -0.998. The summed E-state index contributed by atoms with van der Waals surface area (Å²) in [5.74, 6) is 0.921. The molecule has 2 rings (SSSR count). The molecule has 0 heterocycles. The van der Waals surface area contributed by atoms with Gasteiger partial charge in [0.05, 0.1) is 25.9 Å². The van der Waals surface area contributed by atoms with E-state index in [1.165, 1.54) is 33.3 Å². The molecule has 2 aromatic rings. The van der Waals surface area contributed by atoms with Gasteiger partial charge in [-0.15, -0.1) is 0 Å². The van der Waals surface area contributed by atoms with Crippen LogP contribution < -0.4 is 14.2 Å². The number of aliphatic hydroxyl groups excluding tert-OH is 1. The third kappa shape index (κ3) is 3.08. The van der Waals surface area contributed by atoms with Gasteiger partial charge in [-0.25, -0.2) is 4.39 Å². The van der Waals surface area contributed by atoms with E-state index in [2.05, 4.69) is 0 Å². The highest BCUT2D eigenvalue weighted by Gasteiger charge is 2.19. The fraction of sp³-hybridized carbons (Fsp3) is 0.250. The zero-order chi connectivity index (χ0) is 15.4. The fourth-order valence-electron chi connectivity index (χ4n) is 2.04. The summed E-state index contributed by atoms with van der Waals surface area (Å²) in [6.45, 7) is 1.48. The molecular weight excluding hydrogens is 275 g/mol. The number of hydrogen-bond donors (Lipinski definition) is 1. The summed E-state index contributed by atoms with van der Waals surface area (Å²) in [7, 11) is 3.01. The predicted molar refractivity (Wildman–Crippen MR) is 76.7 cm³/mol. The van der Waals surface area contributed by atoms with Crippen LogP contribution in [0, 0.1) is 5.82 Å². The highest BCUT2D eigenvalue weighted by Crippen LogP contribution is 2.42. The normalized spacial score (nSPS) is 11.9. The zero-order valence-corrected chi connectivity index (χ0v) is 12.1. The van der Waals surface area contributed by atoms with Gasteiger partial charge in [0, 0.05) is 0 Å². The highest BCUT2D eigenvalue weighted by atomic mass is 19.1. The summed E-state index contributed by atoms with van der Waals surface area (Å²) in [6.07, 6.45) is -0.998. The summed E-state index contributed by atoms with van der Waals surface area (Å²) in [4.78, 5) is 0. The number of methoxy groups -OCH3 is 2. The van der Waals surface area contributed by atoms with Gasteiger partial charge in [0.2, 0.25) is 5.75 Å². The van der Waals surface area contributed by atoms with Crippen molar-refractivity contribution in [3.05, 3.63) is 47.8 Å². The van der Waals surface area contributed by atoms with Crippen LogP contribution in [0.2, 0.25) is 0 Å². The molecule has 0 aliphatic heterocycles. The molecule has 21 heavy (non-hydrogen) atoms.